The molecule has 0 amide bonds. The van der Waals surface area contributed by atoms with Crippen LogP contribution in [-0.2, 0) is 0 Å². The van der Waals surface area contributed by atoms with E-state index >= 15 is 0 Å². The fraction of sp³-hybridized carbons (Fsp3) is 0.750. The van der Waals surface area contributed by atoms with E-state index in [4.69, 9.17) is 5.73 Å². The van der Waals surface area contributed by atoms with E-state index in [0.717, 1.165) is 0 Å². The van der Waals surface area contributed by atoms with Crippen LogP contribution in [0.3, 0.4) is 0 Å². The van der Waals surface area contributed by atoms with Gasteiger partial charge in [-0.15, -0.1) is 11.8 Å². The Balaban J connectivity index is 2.75. The molecule has 1 atom stereocenters. The average Bonchev–Trinajstić information content (AvgIpc) is 1.65. The molecule has 0 aromatic carbocycles. The zero-order valence-corrected chi connectivity index (χ0v) is 4.96. The summed E-state index contributed by atoms with van der Waals surface area (Å²) >= 11 is 1.65. The van der Waals surface area contributed by atoms with Gasteiger partial charge in [-0.2, -0.15) is 0 Å². The molecule has 0 saturated carbocycles. The van der Waals surface area contributed by atoms with Crippen LogP contribution in [0.25, 0.3) is 0 Å². The van der Waals surface area contributed by atoms with Crippen molar-refractivity contribution in [1.82, 2.24) is 0 Å². The van der Waals surface area contributed by atoms with Crippen molar-refractivity contribution in [1.29, 1.82) is 0 Å². The van der Waals surface area contributed by atoms with Crippen LogP contribution in [0.1, 0.15) is 6.92 Å². The Morgan fingerprint density at radius 3 is 2.33 bits per heavy atom. The summed E-state index contributed by atoms with van der Waals surface area (Å²) in [6.07, 6.45) is 3.95. The third kappa shape index (κ3) is 2.54. The van der Waals surface area contributed by atoms with Gasteiger partial charge < -0.3 is 5.73 Å². The predicted octanol–water partition coefficient (Wildman–Crippen LogP) is 0.858. The molecule has 0 saturated heterocycles. The first-order chi connectivity index (χ1) is 2.81. The minimum Gasteiger partial charge on any atom is -0.319 e. The van der Waals surface area contributed by atoms with Crippen molar-refractivity contribution in [3.8, 4) is 0 Å². The summed E-state index contributed by atoms with van der Waals surface area (Å²) < 4.78 is 0. The molecule has 1 nitrogen and oxygen atoms in total. The molecule has 1 unspecified atom stereocenters. The quantitative estimate of drug-likeness (QED) is 0.526. The van der Waals surface area contributed by atoms with E-state index in [1.807, 2.05) is 19.6 Å². The average molecular weight is 104 g/mol. The lowest BCUT2D eigenvalue weighted by Crippen LogP contribution is -2.12. The highest BCUT2D eigenvalue weighted by molar-refractivity contribution is 7.99. The molecule has 0 rings (SSSR count). The van der Waals surface area contributed by atoms with Gasteiger partial charge in [0.25, 0.3) is 0 Å². The van der Waals surface area contributed by atoms with Gasteiger partial charge >= 0.3 is 0 Å². The van der Waals surface area contributed by atoms with Gasteiger partial charge in [0.1, 0.15) is 0 Å². The van der Waals surface area contributed by atoms with Crippen molar-refractivity contribution in [2.75, 3.05) is 6.26 Å². The van der Waals surface area contributed by atoms with Crippen LogP contribution in [0.4, 0.5) is 0 Å². The number of thioether (sulfide) groups is 1. The maximum absolute atomic E-state index is 5.38. The molecular weight excluding hydrogens is 94.1 g/mol. The summed E-state index contributed by atoms with van der Waals surface area (Å²) in [5.41, 5.74) is 5.38. The minimum atomic E-state index is 0.227. The maximum atomic E-state index is 5.38. The first-order valence-electron chi connectivity index (χ1n) is 1.89. The van der Waals surface area contributed by atoms with Gasteiger partial charge in [0.05, 0.1) is 5.37 Å². The molecular formula is C4H10NS. The van der Waals surface area contributed by atoms with E-state index in [2.05, 4.69) is 0 Å². The molecule has 0 aliphatic carbocycles. The lowest BCUT2D eigenvalue weighted by Gasteiger charge is -1.99. The Bertz CT molecular complexity index is 26.7. The second-order valence-corrected chi connectivity index (χ2v) is 2.05. The fourth-order valence-corrected chi connectivity index (χ4v) is 0.408. The number of hydrogen-bond donors (Lipinski definition) is 1. The molecule has 2 N–H and O–H groups in total. The SMILES string of the molecule is C[CH]C(N)SC. The van der Waals surface area contributed by atoms with Crippen molar-refractivity contribution in [2.24, 2.45) is 5.73 Å². The standard InChI is InChI=1S/C4H10NS/c1-3-4(5)6-2/h3-4H,5H2,1-2H3. The van der Waals surface area contributed by atoms with Gasteiger partial charge in [0.2, 0.25) is 0 Å². The van der Waals surface area contributed by atoms with E-state index in [1.54, 1.807) is 11.8 Å². The van der Waals surface area contributed by atoms with Gasteiger partial charge in [-0.3, -0.25) is 0 Å². The van der Waals surface area contributed by atoms with Gasteiger partial charge in [-0.1, -0.05) is 6.92 Å². The first kappa shape index (κ1) is 6.31. The summed E-state index contributed by atoms with van der Waals surface area (Å²) in [6.45, 7) is 1.96. The van der Waals surface area contributed by atoms with Crippen molar-refractivity contribution in [3.05, 3.63) is 6.42 Å². The van der Waals surface area contributed by atoms with E-state index < -0.39 is 0 Å². The monoisotopic (exact) mass is 104 g/mol. The Morgan fingerprint density at radius 1 is 1.83 bits per heavy atom. The highest BCUT2D eigenvalue weighted by Crippen LogP contribution is 1.99. The molecule has 0 heterocycles. The Labute approximate surface area is 43.3 Å². The van der Waals surface area contributed by atoms with Crippen molar-refractivity contribution >= 4 is 11.8 Å². The van der Waals surface area contributed by atoms with Crippen LogP contribution < -0.4 is 5.73 Å². The topological polar surface area (TPSA) is 26.0 Å². The van der Waals surface area contributed by atoms with E-state index in [0.29, 0.717) is 0 Å². The highest BCUT2D eigenvalue weighted by Gasteiger charge is 1.89. The Hall–Kier alpha value is 0.310. The summed E-state index contributed by atoms with van der Waals surface area (Å²) in [5.74, 6) is 0. The highest BCUT2D eigenvalue weighted by atomic mass is 32.2. The van der Waals surface area contributed by atoms with Crippen LogP contribution >= 0.6 is 11.8 Å². The Kier molecular flexibility index (Phi) is 3.68. The maximum Gasteiger partial charge on any atom is 0.0533 e. The molecule has 0 fully saturated rings. The van der Waals surface area contributed by atoms with E-state index in [-0.39, 0.29) is 5.37 Å². The molecule has 1 radical (unpaired) electrons. The molecule has 6 heavy (non-hydrogen) atoms. The third-order valence-corrected chi connectivity index (χ3v) is 1.42. The molecule has 0 aromatic rings. The number of hydrogen-bond acceptors (Lipinski definition) is 2. The van der Waals surface area contributed by atoms with Crippen LogP contribution in [0, 0.1) is 6.42 Å². The largest absolute Gasteiger partial charge is 0.319 e. The van der Waals surface area contributed by atoms with E-state index in [9.17, 15) is 0 Å². The summed E-state index contributed by atoms with van der Waals surface area (Å²) in [4.78, 5) is 0. The van der Waals surface area contributed by atoms with Gasteiger partial charge in [0.15, 0.2) is 0 Å². The second-order valence-electron chi connectivity index (χ2n) is 1.03. The third-order valence-electron chi connectivity index (χ3n) is 0.601. The number of rotatable bonds is 2. The molecule has 37 valence electrons. The summed E-state index contributed by atoms with van der Waals surface area (Å²) in [6, 6.07) is 0. The lowest BCUT2D eigenvalue weighted by atomic mass is 10.5. The van der Waals surface area contributed by atoms with Crippen LogP contribution in [0.5, 0.6) is 0 Å². The van der Waals surface area contributed by atoms with Crippen LogP contribution in [0.15, 0.2) is 0 Å². The first-order valence-corrected chi connectivity index (χ1v) is 3.18. The predicted molar refractivity (Wildman–Crippen MR) is 31.5 cm³/mol. The molecule has 2 heteroatoms. The Morgan fingerprint density at radius 2 is 2.33 bits per heavy atom. The number of nitrogens with two attached hydrogens (primary N) is 1. The summed E-state index contributed by atoms with van der Waals surface area (Å²) in [7, 11) is 0. The molecule has 0 spiro atoms. The minimum absolute atomic E-state index is 0.227. The van der Waals surface area contributed by atoms with Gasteiger partial charge in [-0.25, -0.2) is 0 Å². The molecule has 0 aliphatic heterocycles. The van der Waals surface area contributed by atoms with Crippen molar-refractivity contribution < 1.29 is 0 Å². The van der Waals surface area contributed by atoms with Crippen molar-refractivity contribution in [2.45, 2.75) is 12.3 Å². The smallest absolute Gasteiger partial charge is 0.0533 e. The van der Waals surface area contributed by atoms with E-state index in [1.165, 1.54) is 0 Å². The zero-order valence-electron chi connectivity index (χ0n) is 4.14. The zero-order chi connectivity index (χ0) is 4.99. The second kappa shape index (κ2) is 3.50. The van der Waals surface area contributed by atoms with Crippen LogP contribution in [0.2, 0.25) is 0 Å². The summed E-state index contributed by atoms with van der Waals surface area (Å²) in [5, 5.41) is 0.227. The van der Waals surface area contributed by atoms with Crippen molar-refractivity contribution in [3.63, 3.8) is 0 Å². The van der Waals surface area contributed by atoms with Crippen LogP contribution in [-0.4, -0.2) is 11.6 Å². The molecule has 0 bridgehead atoms. The van der Waals surface area contributed by atoms with Gasteiger partial charge in [-0.05, 0) is 12.7 Å². The molecule has 0 aromatic heterocycles. The normalized spacial score (nSPS) is 14.5. The van der Waals surface area contributed by atoms with Gasteiger partial charge in [0, 0.05) is 0 Å². The molecule has 0 aliphatic rings. The fourth-order valence-electron chi connectivity index (χ4n) is 0.136. The lowest BCUT2D eigenvalue weighted by molar-refractivity contribution is 1.06.